The zero-order valence-corrected chi connectivity index (χ0v) is 12.8. The minimum atomic E-state index is -0.284. The lowest BCUT2D eigenvalue weighted by Gasteiger charge is -2.40. The number of hydrogen-bond acceptors (Lipinski definition) is 3. The quantitative estimate of drug-likeness (QED) is 0.805. The van der Waals surface area contributed by atoms with Gasteiger partial charge in [0.25, 0.3) is 0 Å². The number of likely N-dealkylation sites (tertiary alicyclic amines) is 1. The summed E-state index contributed by atoms with van der Waals surface area (Å²) >= 11 is 0. The summed E-state index contributed by atoms with van der Waals surface area (Å²) in [6, 6.07) is 0. The normalized spacial score (nSPS) is 35.7. The average molecular weight is 268 g/mol. The Labute approximate surface area is 118 Å². The lowest BCUT2D eigenvalue weighted by Crippen LogP contribution is -2.48. The van der Waals surface area contributed by atoms with Crippen LogP contribution in [0.3, 0.4) is 0 Å². The summed E-state index contributed by atoms with van der Waals surface area (Å²) in [6.07, 6.45) is 8.54. The zero-order chi connectivity index (χ0) is 13.9. The van der Waals surface area contributed by atoms with Gasteiger partial charge in [-0.2, -0.15) is 0 Å². The highest BCUT2D eigenvalue weighted by atomic mass is 16.3. The molecule has 0 bridgehead atoms. The summed E-state index contributed by atoms with van der Waals surface area (Å²) < 4.78 is 0. The number of aliphatic hydroxyl groups excluding tert-OH is 1. The predicted octanol–water partition coefficient (Wildman–Crippen LogP) is 2.38. The molecule has 0 aromatic carbocycles. The molecule has 1 heterocycles. The molecule has 3 N–H and O–H groups in total. The van der Waals surface area contributed by atoms with Crippen LogP contribution < -0.4 is 5.73 Å². The van der Waals surface area contributed by atoms with Gasteiger partial charge in [-0.1, -0.05) is 26.7 Å². The summed E-state index contributed by atoms with van der Waals surface area (Å²) in [5, 5.41) is 9.49. The molecule has 2 unspecified atom stereocenters. The number of nitrogens with two attached hydrogens (primary N) is 1. The zero-order valence-electron chi connectivity index (χ0n) is 12.8. The maximum atomic E-state index is 9.49. The summed E-state index contributed by atoms with van der Waals surface area (Å²) in [7, 11) is 0. The first-order chi connectivity index (χ1) is 9.01. The minimum absolute atomic E-state index is 0.158. The Kier molecular flexibility index (Phi) is 4.91. The summed E-state index contributed by atoms with van der Waals surface area (Å²) in [5.41, 5.74) is 6.61. The van der Waals surface area contributed by atoms with Crippen molar-refractivity contribution in [3.8, 4) is 0 Å². The Hall–Kier alpha value is -0.120. The van der Waals surface area contributed by atoms with Gasteiger partial charge in [0.05, 0.1) is 6.61 Å². The Balaban J connectivity index is 1.75. The molecule has 3 nitrogen and oxygen atoms in total. The van der Waals surface area contributed by atoms with Crippen molar-refractivity contribution in [1.29, 1.82) is 0 Å². The molecule has 3 heteroatoms. The van der Waals surface area contributed by atoms with Crippen LogP contribution in [0.5, 0.6) is 0 Å². The number of nitrogens with zero attached hydrogens (tertiary/aromatic N) is 1. The van der Waals surface area contributed by atoms with E-state index in [1.54, 1.807) is 0 Å². The van der Waals surface area contributed by atoms with Gasteiger partial charge in [-0.15, -0.1) is 0 Å². The molecule has 2 fully saturated rings. The molecule has 1 saturated heterocycles. The van der Waals surface area contributed by atoms with Gasteiger partial charge >= 0.3 is 0 Å². The Morgan fingerprint density at radius 3 is 2.53 bits per heavy atom. The number of rotatable bonds is 5. The number of hydrogen-bond donors (Lipinski definition) is 2. The lowest BCUT2D eigenvalue weighted by atomic mass is 9.78. The van der Waals surface area contributed by atoms with Crippen molar-refractivity contribution < 1.29 is 5.11 Å². The summed E-state index contributed by atoms with van der Waals surface area (Å²) in [6.45, 7) is 8.56. The van der Waals surface area contributed by atoms with E-state index in [1.807, 2.05) is 0 Å². The van der Waals surface area contributed by atoms with Crippen molar-refractivity contribution in [2.75, 3.05) is 26.2 Å². The molecule has 0 spiro atoms. The molecule has 1 saturated carbocycles. The van der Waals surface area contributed by atoms with Crippen molar-refractivity contribution >= 4 is 0 Å². The maximum Gasteiger partial charge on any atom is 0.0613 e. The van der Waals surface area contributed by atoms with Crippen molar-refractivity contribution in [3.63, 3.8) is 0 Å². The monoisotopic (exact) mass is 268 g/mol. The Morgan fingerprint density at radius 2 is 1.95 bits per heavy atom. The Bertz CT molecular complexity index is 286. The van der Waals surface area contributed by atoms with Crippen LogP contribution in [0.1, 0.15) is 58.8 Å². The molecule has 2 rings (SSSR count). The number of piperidine rings is 1. The van der Waals surface area contributed by atoms with E-state index in [0.717, 1.165) is 6.42 Å². The molecule has 19 heavy (non-hydrogen) atoms. The van der Waals surface area contributed by atoms with Gasteiger partial charge in [0, 0.05) is 5.54 Å². The van der Waals surface area contributed by atoms with Crippen molar-refractivity contribution in [1.82, 2.24) is 4.90 Å². The van der Waals surface area contributed by atoms with Gasteiger partial charge in [-0.05, 0) is 63.1 Å². The highest BCUT2D eigenvalue weighted by molar-refractivity contribution is 4.96. The van der Waals surface area contributed by atoms with E-state index in [0.29, 0.717) is 11.3 Å². The van der Waals surface area contributed by atoms with Gasteiger partial charge in [0.1, 0.15) is 0 Å². The lowest BCUT2D eigenvalue weighted by molar-refractivity contribution is 0.0981. The van der Waals surface area contributed by atoms with Crippen molar-refractivity contribution in [2.45, 2.75) is 64.3 Å². The molecular formula is C16H32N2O. The fourth-order valence-corrected chi connectivity index (χ4v) is 3.82. The molecule has 0 radical (unpaired) electrons. The predicted molar refractivity (Wildman–Crippen MR) is 80.0 cm³/mol. The van der Waals surface area contributed by atoms with E-state index >= 15 is 0 Å². The van der Waals surface area contributed by atoms with Gasteiger partial charge in [-0.3, -0.25) is 0 Å². The maximum absolute atomic E-state index is 9.49. The van der Waals surface area contributed by atoms with Crippen LogP contribution in [0.25, 0.3) is 0 Å². The molecule has 0 aromatic rings. The van der Waals surface area contributed by atoms with Crippen molar-refractivity contribution in [2.24, 2.45) is 17.1 Å². The average Bonchev–Trinajstić information content (AvgIpc) is 2.80. The third-order valence-corrected chi connectivity index (χ3v) is 6.01. The van der Waals surface area contributed by atoms with Crippen LogP contribution in [0.2, 0.25) is 0 Å². The van der Waals surface area contributed by atoms with E-state index in [2.05, 4.69) is 18.7 Å². The van der Waals surface area contributed by atoms with E-state index < -0.39 is 0 Å². The van der Waals surface area contributed by atoms with Crippen LogP contribution in [0.15, 0.2) is 0 Å². The topological polar surface area (TPSA) is 49.5 Å². The summed E-state index contributed by atoms with van der Waals surface area (Å²) in [4.78, 5) is 2.60. The molecule has 2 aliphatic rings. The van der Waals surface area contributed by atoms with E-state index in [4.69, 9.17) is 5.73 Å². The van der Waals surface area contributed by atoms with Crippen LogP contribution in [0, 0.1) is 11.3 Å². The second-order valence-electron chi connectivity index (χ2n) is 7.27. The molecule has 1 aliphatic heterocycles. The van der Waals surface area contributed by atoms with Crippen LogP contribution in [0.4, 0.5) is 0 Å². The molecule has 0 amide bonds. The van der Waals surface area contributed by atoms with Crippen molar-refractivity contribution in [3.05, 3.63) is 0 Å². The fraction of sp³-hybridized carbons (Fsp3) is 1.00. The van der Waals surface area contributed by atoms with E-state index in [-0.39, 0.29) is 12.1 Å². The second kappa shape index (κ2) is 6.11. The number of aliphatic hydroxyl groups is 1. The van der Waals surface area contributed by atoms with Crippen LogP contribution in [-0.2, 0) is 0 Å². The second-order valence-corrected chi connectivity index (χ2v) is 7.27. The van der Waals surface area contributed by atoms with Gasteiger partial charge < -0.3 is 15.7 Å². The fourth-order valence-electron chi connectivity index (χ4n) is 3.82. The Morgan fingerprint density at radius 1 is 1.26 bits per heavy atom. The molecular weight excluding hydrogens is 236 g/mol. The minimum Gasteiger partial charge on any atom is -0.394 e. The SMILES string of the molecule is CCC1(C)CCN(CCC2CCCC2(N)CO)CC1. The smallest absolute Gasteiger partial charge is 0.0613 e. The van der Waals surface area contributed by atoms with Crippen LogP contribution in [-0.4, -0.2) is 41.8 Å². The first-order valence-electron chi connectivity index (χ1n) is 8.13. The largest absolute Gasteiger partial charge is 0.394 e. The summed E-state index contributed by atoms with van der Waals surface area (Å²) in [5.74, 6) is 0.525. The molecule has 2 atom stereocenters. The van der Waals surface area contributed by atoms with Gasteiger partial charge in [0.2, 0.25) is 0 Å². The van der Waals surface area contributed by atoms with Gasteiger partial charge in [0.15, 0.2) is 0 Å². The van der Waals surface area contributed by atoms with Crippen LogP contribution >= 0.6 is 0 Å². The molecule has 1 aliphatic carbocycles. The first-order valence-corrected chi connectivity index (χ1v) is 8.13. The third-order valence-electron chi connectivity index (χ3n) is 6.01. The molecule has 112 valence electrons. The third kappa shape index (κ3) is 3.50. The highest BCUT2D eigenvalue weighted by Gasteiger charge is 2.39. The highest BCUT2D eigenvalue weighted by Crippen LogP contribution is 2.37. The molecule has 0 aromatic heterocycles. The first kappa shape index (κ1) is 15.3. The van der Waals surface area contributed by atoms with Gasteiger partial charge in [-0.25, -0.2) is 0 Å². The van der Waals surface area contributed by atoms with E-state index in [1.165, 1.54) is 58.2 Å². The van der Waals surface area contributed by atoms with E-state index in [9.17, 15) is 5.11 Å². The standard InChI is InChI=1S/C16H32N2O/c1-3-15(2)8-11-18(12-9-15)10-6-14-5-4-7-16(14,17)13-19/h14,19H,3-13,17H2,1-2H3.